The first-order valence-corrected chi connectivity index (χ1v) is 8.41. The molecule has 1 fully saturated rings. The maximum absolute atomic E-state index is 12.3. The van der Waals surface area contributed by atoms with Crippen LogP contribution >= 0.6 is 11.6 Å². The Morgan fingerprint density at radius 1 is 1.29 bits per heavy atom. The zero-order chi connectivity index (χ0) is 16.9. The zero-order valence-electron chi connectivity index (χ0n) is 13.5. The molecule has 6 nitrogen and oxygen atoms in total. The molecule has 126 valence electrons. The smallest absolute Gasteiger partial charge is 0.341 e. The predicted molar refractivity (Wildman–Crippen MR) is 91.3 cm³/mol. The molecule has 0 spiro atoms. The van der Waals surface area contributed by atoms with Crippen molar-refractivity contribution in [2.45, 2.75) is 32.3 Å². The van der Waals surface area contributed by atoms with Crippen LogP contribution < -0.4 is 4.90 Å². The summed E-state index contributed by atoms with van der Waals surface area (Å²) in [5, 5.41) is 0.624. The molecule has 1 aliphatic rings. The molecule has 0 unspecified atom stereocenters. The van der Waals surface area contributed by atoms with Crippen LogP contribution in [0.1, 0.15) is 35.8 Å². The second-order valence-electron chi connectivity index (χ2n) is 5.66. The Kier molecular flexibility index (Phi) is 5.25. The highest BCUT2D eigenvalue weighted by Crippen LogP contribution is 2.21. The first-order valence-electron chi connectivity index (χ1n) is 8.03. The van der Waals surface area contributed by atoms with Crippen molar-refractivity contribution in [1.29, 1.82) is 0 Å². The minimum absolute atomic E-state index is 0.0917. The third kappa shape index (κ3) is 3.82. The number of aromatic nitrogens is 3. The standard InChI is InChI=1S/C17H19ClN4O2/c1-2-15-14(10-19-11-21-15)17(23)24-13-5-7-22(8-6-13)16-4-3-12(18)9-20-16/h3-4,9-11,13H,2,5-8H2,1H3. The van der Waals surface area contributed by atoms with Gasteiger partial charge in [-0.1, -0.05) is 18.5 Å². The second-order valence-corrected chi connectivity index (χ2v) is 6.10. The number of halogens is 1. The molecule has 0 amide bonds. The number of hydrogen-bond donors (Lipinski definition) is 0. The van der Waals surface area contributed by atoms with Crippen LogP contribution in [0, 0.1) is 0 Å². The molecule has 3 rings (SSSR count). The van der Waals surface area contributed by atoms with Crippen molar-refractivity contribution in [3.63, 3.8) is 0 Å². The number of hydrogen-bond acceptors (Lipinski definition) is 6. The topological polar surface area (TPSA) is 68.2 Å². The fraction of sp³-hybridized carbons (Fsp3) is 0.412. The fourth-order valence-electron chi connectivity index (χ4n) is 2.78. The van der Waals surface area contributed by atoms with E-state index in [-0.39, 0.29) is 12.1 Å². The Bertz CT molecular complexity index is 700. The van der Waals surface area contributed by atoms with Gasteiger partial charge in [-0.25, -0.2) is 19.7 Å². The molecule has 1 aliphatic heterocycles. The number of esters is 1. The van der Waals surface area contributed by atoms with Gasteiger partial charge in [0.1, 0.15) is 18.2 Å². The van der Waals surface area contributed by atoms with E-state index in [0.29, 0.717) is 17.0 Å². The van der Waals surface area contributed by atoms with Crippen LogP contribution in [0.25, 0.3) is 0 Å². The summed E-state index contributed by atoms with van der Waals surface area (Å²) in [5.41, 5.74) is 1.18. The molecule has 3 heterocycles. The number of carbonyl (C=O) groups is 1. The summed E-state index contributed by atoms with van der Waals surface area (Å²) in [7, 11) is 0. The molecule has 0 aromatic carbocycles. The highest BCUT2D eigenvalue weighted by atomic mass is 35.5. The van der Waals surface area contributed by atoms with Crippen LogP contribution in [0.2, 0.25) is 5.02 Å². The number of nitrogens with zero attached hydrogens (tertiary/aromatic N) is 4. The Morgan fingerprint density at radius 3 is 2.75 bits per heavy atom. The van der Waals surface area contributed by atoms with Gasteiger partial charge in [-0.15, -0.1) is 0 Å². The monoisotopic (exact) mass is 346 g/mol. The van der Waals surface area contributed by atoms with Crippen molar-refractivity contribution in [3.8, 4) is 0 Å². The van der Waals surface area contributed by atoms with Crippen LogP contribution in [-0.2, 0) is 11.2 Å². The third-order valence-corrected chi connectivity index (χ3v) is 4.32. The van der Waals surface area contributed by atoms with Crippen molar-refractivity contribution < 1.29 is 9.53 Å². The molecule has 2 aromatic heterocycles. The predicted octanol–water partition coefficient (Wildman–Crippen LogP) is 2.91. The highest BCUT2D eigenvalue weighted by molar-refractivity contribution is 6.30. The third-order valence-electron chi connectivity index (χ3n) is 4.10. The van der Waals surface area contributed by atoms with Gasteiger partial charge in [-0.2, -0.15) is 0 Å². The average Bonchev–Trinajstić information content (AvgIpc) is 2.63. The van der Waals surface area contributed by atoms with Crippen molar-refractivity contribution >= 4 is 23.4 Å². The fourth-order valence-corrected chi connectivity index (χ4v) is 2.89. The minimum atomic E-state index is -0.337. The average molecular weight is 347 g/mol. The van der Waals surface area contributed by atoms with Crippen molar-refractivity contribution in [2.75, 3.05) is 18.0 Å². The van der Waals surface area contributed by atoms with E-state index in [1.807, 2.05) is 19.1 Å². The largest absolute Gasteiger partial charge is 0.459 e. The minimum Gasteiger partial charge on any atom is -0.459 e. The van der Waals surface area contributed by atoms with Gasteiger partial charge in [-0.3, -0.25) is 0 Å². The number of carbonyl (C=O) groups excluding carboxylic acids is 1. The van der Waals surface area contributed by atoms with Crippen LogP contribution in [-0.4, -0.2) is 40.1 Å². The van der Waals surface area contributed by atoms with E-state index >= 15 is 0 Å². The summed E-state index contributed by atoms with van der Waals surface area (Å²) < 4.78 is 5.64. The molecule has 0 saturated carbocycles. The van der Waals surface area contributed by atoms with E-state index in [9.17, 15) is 4.79 Å². The SMILES string of the molecule is CCc1ncncc1C(=O)OC1CCN(c2ccc(Cl)cn2)CC1. The van der Waals surface area contributed by atoms with E-state index in [1.165, 1.54) is 12.5 Å². The van der Waals surface area contributed by atoms with Gasteiger partial charge in [0, 0.05) is 38.3 Å². The summed E-state index contributed by atoms with van der Waals surface area (Å²) in [6.45, 7) is 3.54. The van der Waals surface area contributed by atoms with Gasteiger partial charge >= 0.3 is 5.97 Å². The molecular formula is C17H19ClN4O2. The van der Waals surface area contributed by atoms with E-state index in [2.05, 4.69) is 19.9 Å². The van der Waals surface area contributed by atoms with Gasteiger partial charge in [0.15, 0.2) is 0 Å². The summed E-state index contributed by atoms with van der Waals surface area (Å²) in [5.74, 6) is 0.560. The van der Waals surface area contributed by atoms with E-state index in [4.69, 9.17) is 16.3 Å². The van der Waals surface area contributed by atoms with Crippen molar-refractivity contribution in [1.82, 2.24) is 15.0 Å². The van der Waals surface area contributed by atoms with Gasteiger partial charge in [0.25, 0.3) is 0 Å². The lowest BCUT2D eigenvalue weighted by atomic mass is 10.1. The summed E-state index contributed by atoms with van der Waals surface area (Å²) in [6.07, 6.45) is 6.74. The Balaban J connectivity index is 1.57. The number of anilines is 1. The quantitative estimate of drug-likeness (QED) is 0.793. The molecule has 1 saturated heterocycles. The lowest BCUT2D eigenvalue weighted by molar-refractivity contribution is 0.0242. The second kappa shape index (κ2) is 7.57. The van der Waals surface area contributed by atoms with Gasteiger partial charge in [0.05, 0.1) is 16.3 Å². The Labute approximate surface area is 145 Å². The maximum Gasteiger partial charge on any atom is 0.341 e. The number of rotatable bonds is 4. The van der Waals surface area contributed by atoms with Crippen LogP contribution in [0.5, 0.6) is 0 Å². The zero-order valence-corrected chi connectivity index (χ0v) is 14.2. The summed E-state index contributed by atoms with van der Waals surface area (Å²) in [4.78, 5) is 26.9. The Hall–Kier alpha value is -2.21. The number of ether oxygens (including phenoxy) is 1. The molecule has 0 bridgehead atoms. The van der Waals surface area contributed by atoms with E-state index < -0.39 is 0 Å². The first-order chi connectivity index (χ1) is 11.7. The van der Waals surface area contributed by atoms with Crippen molar-refractivity contribution in [3.05, 3.63) is 47.1 Å². The van der Waals surface area contributed by atoms with E-state index in [0.717, 1.165) is 37.4 Å². The Morgan fingerprint density at radius 2 is 2.08 bits per heavy atom. The van der Waals surface area contributed by atoms with Crippen molar-refractivity contribution in [2.24, 2.45) is 0 Å². The van der Waals surface area contributed by atoms with Crippen LogP contribution in [0.3, 0.4) is 0 Å². The first kappa shape index (κ1) is 16.6. The molecule has 7 heteroatoms. The number of pyridine rings is 1. The van der Waals surface area contributed by atoms with Gasteiger partial charge in [0.2, 0.25) is 0 Å². The highest BCUT2D eigenvalue weighted by Gasteiger charge is 2.24. The summed E-state index contributed by atoms with van der Waals surface area (Å²) >= 11 is 5.87. The molecular weight excluding hydrogens is 328 g/mol. The number of aryl methyl sites for hydroxylation is 1. The number of piperidine rings is 1. The molecule has 0 N–H and O–H groups in total. The maximum atomic E-state index is 12.3. The summed E-state index contributed by atoms with van der Waals surface area (Å²) in [6, 6.07) is 3.74. The van der Waals surface area contributed by atoms with Gasteiger partial charge in [-0.05, 0) is 18.6 Å². The molecule has 24 heavy (non-hydrogen) atoms. The molecule has 0 aliphatic carbocycles. The van der Waals surface area contributed by atoms with E-state index in [1.54, 1.807) is 6.20 Å². The van der Waals surface area contributed by atoms with Crippen LogP contribution in [0.4, 0.5) is 5.82 Å². The molecule has 2 aromatic rings. The lowest BCUT2D eigenvalue weighted by Crippen LogP contribution is -2.38. The van der Waals surface area contributed by atoms with Crippen LogP contribution in [0.15, 0.2) is 30.9 Å². The van der Waals surface area contributed by atoms with Gasteiger partial charge < -0.3 is 9.64 Å². The normalized spacial score (nSPS) is 15.3. The molecule has 0 atom stereocenters. The lowest BCUT2D eigenvalue weighted by Gasteiger charge is -2.32. The molecule has 0 radical (unpaired) electrons.